The summed E-state index contributed by atoms with van der Waals surface area (Å²) in [7, 11) is 0. The molecule has 0 amide bonds. The summed E-state index contributed by atoms with van der Waals surface area (Å²) in [5.41, 5.74) is 4.05. The van der Waals surface area contributed by atoms with E-state index in [2.05, 4.69) is 47.1 Å². The Morgan fingerprint density at radius 2 is 1.87 bits per heavy atom. The van der Waals surface area contributed by atoms with Crippen LogP contribution in [0.4, 0.5) is 5.82 Å². The monoisotopic (exact) mass is 311 g/mol. The Hall–Kier alpha value is -2.63. The van der Waals surface area contributed by atoms with E-state index in [1.807, 2.05) is 16.7 Å². The first kappa shape index (κ1) is 15.3. The standard InChI is InChI=1S/C17H21N5O/c1-4-22-11-21-15-16(19-10-20-17(15)22)18-5-6-23-14-8-12(2)7-13(3)9-14/h7-11H,4-6H2,1-3H3,(H,18,19,20). The Morgan fingerprint density at radius 3 is 2.61 bits per heavy atom. The van der Waals surface area contributed by atoms with Gasteiger partial charge in [0.2, 0.25) is 0 Å². The summed E-state index contributed by atoms with van der Waals surface area (Å²) in [5.74, 6) is 1.64. The molecule has 0 unspecified atom stereocenters. The number of rotatable bonds is 6. The van der Waals surface area contributed by atoms with Crippen molar-refractivity contribution >= 4 is 17.0 Å². The van der Waals surface area contributed by atoms with Gasteiger partial charge in [-0.25, -0.2) is 15.0 Å². The summed E-state index contributed by atoms with van der Waals surface area (Å²) in [4.78, 5) is 12.9. The average molecular weight is 311 g/mol. The van der Waals surface area contributed by atoms with E-state index in [0.717, 1.165) is 29.3 Å². The number of fused-ring (bicyclic) bond motifs is 1. The number of hydrogen-bond donors (Lipinski definition) is 1. The molecule has 2 heterocycles. The molecule has 0 radical (unpaired) electrons. The quantitative estimate of drug-likeness (QED) is 0.709. The second-order valence-electron chi connectivity index (χ2n) is 5.52. The Kier molecular flexibility index (Phi) is 4.41. The van der Waals surface area contributed by atoms with Crippen molar-refractivity contribution in [2.24, 2.45) is 0 Å². The van der Waals surface area contributed by atoms with Gasteiger partial charge in [-0.15, -0.1) is 0 Å². The number of aromatic nitrogens is 4. The number of nitrogens with one attached hydrogen (secondary N) is 1. The van der Waals surface area contributed by atoms with E-state index in [0.29, 0.717) is 13.2 Å². The van der Waals surface area contributed by atoms with Gasteiger partial charge >= 0.3 is 0 Å². The van der Waals surface area contributed by atoms with Gasteiger partial charge in [0, 0.05) is 6.54 Å². The van der Waals surface area contributed by atoms with E-state index in [1.54, 1.807) is 12.7 Å². The van der Waals surface area contributed by atoms with E-state index >= 15 is 0 Å². The van der Waals surface area contributed by atoms with E-state index in [9.17, 15) is 0 Å². The molecule has 0 saturated carbocycles. The maximum Gasteiger partial charge on any atom is 0.165 e. The predicted molar refractivity (Wildman–Crippen MR) is 90.9 cm³/mol. The zero-order chi connectivity index (χ0) is 16.2. The van der Waals surface area contributed by atoms with Crippen molar-refractivity contribution in [3.63, 3.8) is 0 Å². The third kappa shape index (κ3) is 3.41. The van der Waals surface area contributed by atoms with E-state index in [4.69, 9.17) is 4.74 Å². The molecule has 3 rings (SSSR count). The van der Waals surface area contributed by atoms with Crippen LogP contribution in [-0.4, -0.2) is 32.7 Å². The molecule has 1 aromatic carbocycles. The molecule has 0 aliphatic heterocycles. The van der Waals surface area contributed by atoms with Crippen molar-refractivity contribution < 1.29 is 4.74 Å². The molecule has 6 heteroatoms. The maximum atomic E-state index is 5.80. The SMILES string of the molecule is CCn1cnc2c(NCCOc3cc(C)cc(C)c3)ncnc21. The van der Waals surface area contributed by atoms with Crippen molar-refractivity contribution in [1.82, 2.24) is 19.5 Å². The molecule has 1 N–H and O–H groups in total. The van der Waals surface area contributed by atoms with Gasteiger partial charge in [-0.05, 0) is 44.0 Å². The van der Waals surface area contributed by atoms with Crippen LogP contribution in [0.5, 0.6) is 5.75 Å². The fraction of sp³-hybridized carbons (Fsp3) is 0.353. The largest absolute Gasteiger partial charge is 0.492 e. The first-order valence-electron chi connectivity index (χ1n) is 7.78. The van der Waals surface area contributed by atoms with Crippen LogP contribution < -0.4 is 10.1 Å². The molecular weight excluding hydrogens is 290 g/mol. The summed E-state index contributed by atoms with van der Waals surface area (Å²) >= 11 is 0. The molecule has 6 nitrogen and oxygen atoms in total. The third-order valence-electron chi connectivity index (χ3n) is 3.60. The van der Waals surface area contributed by atoms with Gasteiger partial charge in [0.1, 0.15) is 24.2 Å². The molecule has 23 heavy (non-hydrogen) atoms. The van der Waals surface area contributed by atoms with Gasteiger partial charge in [0.15, 0.2) is 11.5 Å². The van der Waals surface area contributed by atoms with Gasteiger partial charge in [0.25, 0.3) is 0 Å². The minimum absolute atomic E-state index is 0.558. The first-order valence-corrected chi connectivity index (χ1v) is 7.78. The summed E-state index contributed by atoms with van der Waals surface area (Å²) in [6, 6.07) is 6.21. The molecule has 0 bridgehead atoms. The molecule has 0 saturated heterocycles. The van der Waals surface area contributed by atoms with Crippen LogP contribution in [0.15, 0.2) is 30.9 Å². The number of aryl methyl sites for hydroxylation is 3. The van der Waals surface area contributed by atoms with Gasteiger partial charge in [-0.3, -0.25) is 0 Å². The van der Waals surface area contributed by atoms with Gasteiger partial charge < -0.3 is 14.6 Å². The Balaban J connectivity index is 1.62. The minimum atomic E-state index is 0.558. The van der Waals surface area contributed by atoms with Crippen molar-refractivity contribution in [2.45, 2.75) is 27.3 Å². The van der Waals surface area contributed by atoms with Crippen LogP contribution in [-0.2, 0) is 6.54 Å². The normalized spacial score (nSPS) is 10.9. The van der Waals surface area contributed by atoms with Crippen molar-refractivity contribution in [2.75, 3.05) is 18.5 Å². The average Bonchev–Trinajstić information content (AvgIpc) is 2.94. The highest BCUT2D eigenvalue weighted by molar-refractivity contribution is 5.82. The number of hydrogen-bond acceptors (Lipinski definition) is 5. The molecule has 0 atom stereocenters. The van der Waals surface area contributed by atoms with Gasteiger partial charge in [-0.2, -0.15) is 0 Å². The molecule has 120 valence electrons. The first-order chi connectivity index (χ1) is 11.2. The van der Waals surface area contributed by atoms with Crippen LogP contribution in [0.3, 0.4) is 0 Å². The molecular formula is C17H21N5O. The van der Waals surface area contributed by atoms with Crippen LogP contribution in [0.1, 0.15) is 18.1 Å². The smallest absolute Gasteiger partial charge is 0.165 e. The molecule has 2 aromatic heterocycles. The molecule has 0 spiro atoms. The van der Waals surface area contributed by atoms with Crippen LogP contribution >= 0.6 is 0 Å². The lowest BCUT2D eigenvalue weighted by atomic mass is 10.1. The van der Waals surface area contributed by atoms with Crippen LogP contribution in [0.25, 0.3) is 11.2 Å². The fourth-order valence-electron chi connectivity index (χ4n) is 2.60. The third-order valence-corrected chi connectivity index (χ3v) is 3.60. The minimum Gasteiger partial charge on any atom is -0.492 e. The Labute approximate surface area is 135 Å². The van der Waals surface area contributed by atoms with Crippen molar-refractivity contribution in [3.8, 4) is 5.75 Å². The van der Waals surface area contributed by atoms with Crippen molar-refractivity contribution in [1.29, 1.82) is 0 Å². The Bertz CT molecular complexity index is 792. The van der Waals surface area contributed by atoms with Gasteiger partial charge in [0.05, 0.1) is 12.9 Å². The number of ether oxygens (including phenoxy) is 1. The zero-order valence-electron chi connectivity index (χ0n) is 13.7. The van der Waals surface area contributed by atoms with E-state index < -0.39 is 0 Å². The molecule has 0 fully saturated rings. The molecule has 0 aliphatic carbocycles. The highest BCUT2D eigenvalue weighted by Crippen LogP contribution is 2.18. The number of benzene rings is 1. The van der Waals surface area contributed by atoms with Crippen molar-refractivity contribution in [3.05, 3.63) is 42.0 Å². The number of imidazole rings is 1. The Morgan fingerprint density at radius 1 is 1.09 bits per heavy atom. The second-order valence-corrected chi connectivity index (χ2v) is 5.52. The maximum absolute atomic E-state index is 5.80. The number of anilines is 1. The topological polar surface area (TPSA) is 64.9 Å². The zero-order valence-corrected chi connectivity index (χ0v) is 13.7. The number of nitrogens with zero attached hydrogens (tertiary/aromatic N) is 4. The molecule has 0 aliphatic rings. The van der Waals surface area contributed by atoms with Crippen LogP contribution in [0.2, 0.25) is 0 Å². The van der Waals surface area contributed by atoms with E-state index in [-0.39, 0.29) is 0 Å². The fourth-order valence-corrected chi connectivity index (χ4v) is 2.60. The lowest BCUT2D eigenvalue weighted by Crippen LogP contribution is -2.13. The highest BCUT2D eigenvalue weighted by atomic mass is 16.5. The summed E-state index contributed by atoms with van der Waals surface area (Å²) in [5, 5.41) is 3.27. The lowest BCUT2D eigenvalue weighted by Gasteiger charge is -2.10. The van der Waals surface area contributed by atoms with Gasteiger partial charge in [-0.1, -0.05) is 6.07 Å². The second kappa shape index (κ2) is 6.64. The lowest BCUT2D eigenvalue weighted by molar-refractivity contribution is 0.332. The molecule has 3 aromatic rings. The predicted octanol–water partition coefficient (Wildman–Crippen LogP) is 2.95. The summed E-state index contributed by atoms with van der Waals surface area (Å²) in [6.07, 6.45) is 3.35. The highest BCUT2D eigenvalue weighted by Gasteiger charge is 2.08. The van der Waals surface area contributed by atoms with E-state index in [1.165, 1.54) is 11.1 Å². The van der Waals surface area contributed by atoms with Crippen LogP contribution in [0, 0.1) is 13.8 Å². The summed E-state index contributed by atoms with van der Waals surface area (Å²) in [6.45, 7) is 8.25. The summed E-state index contributed by atoms with van der Waals surface area (Å²) < 4.78 is 7.79.